The molecule has 5 heteroatoms. The van der Waals surface area contributed by atoms with Crippen molar-refractivity contribution >= 4 is 11.7 Å². The molecule has 0 aromatic carbocycles. The lowest BCUT2D eigenvalue weighted by Gasteiger charge is -2.26. The minimum absolute atomic E-state index is 0.297. The number of carbonyl (C=O) groups is 1. The minimum Gasteiger partial charge on any atom is -0.382 e. The summed E-state index contributed by atoms with van der Waals surface area (Å²) in [6, 6.07) is 1.78. The van der Waals surface area contributed by atoms with E-state index in [1.807, 2.05) is 15.8 Å². The number of carbonyl (C=O) groups excluding carboxylic acids is 1. The van der Waals surface area contributed by atoms with Crippen molar-refractivity contribution in [2.75, 3.05) is 18.8 Å². The van der Waals surface area contributed by atoms with Gasteiger partial charge in [0.05, 0.1) is 0 Å². The lowest BCUT2D eigenvalue weighted by atomic mass is 10.1. The third-order valence-electron chi connectivity index (χ3n) is 2.90. The number of hydrogen-bond acceptors (Lipinski definition) is 3. The molecule has 0 radical (unpaired) electrons. The van der Waals surface area contributed by atoms with E-state index in [-0.39, 0.29) is 0 Å². The van der Waals surface area contributed by atoms with Crippen LogP contribution in [0, 0.1) is 0 Å². The zero-order chi connectivity index (χ0) is 11.4. The van der Waals surface area contributed by atoms with Gasteiger partial charge < -0.3 is 10.6 Å². The van der Waals surface area contributed by atoms with E-state index in [1.54, 1.807) is 6.07 Å². The number of nitrogens with two attached hydrogens (primary N) is 1. The van der Waals surface area contributed by atoms with E-state index in [0.717, 1.165) is 38.9 Å². The maximum Gasteiger partial charge on any atom is 0.222 e. The molecule has 1 saturated heterocycles. The molecule has 1 aliphatic rings. The summed E-state index contributed by atoms with van der Waals surface area (Å²) in [4.78, 5) is 13.5. The molecular weight excluding hydrogens is 204 g/mol. The van der Waals surface area contributed by atoms with Crippen LogP contribution in [-0.2, 0) is 11.3 Å². The summed E-state index contributed by atoms with van der Waals surface area (Å²) in [5.41, 5.74) is 5.52. The number of hydrogen-bond donors (Lipinski definition) is 1. The molecule has 0 aliphatic carbocycles. The maximum absolute atomic E-state index is 11.5. The number of nitrogens with zero attached hydrogens (tertiary/aromatic N) is 3. The van der Waals surface area contributed by atoms with Gasteiger partial charge in [-0.2, -0.15) is 5.10 Å². The van der Waals surface area contributed by atoms with E-state index in [1.165, 1.54) is 0 Å². The Bertz CT molecular complexity index is 361. The van der Waals surface area contributed by atoms with Crippen molar-refractivity contribution in [3.63, 3.8) is 0 Å². The third kappa shape index (κ3) is 2.74. The molecule has 1 aromatic heterocycles. The average molecular weight is 222 g/mol. The Morgan fingerprint density at radius 1 is 1.38 bits per heavy atom. The summed E-state index contributed by atoms with van der Waals surface area (Å²) in [6.45, 7) is 2.57. The van der Waals surface area contributed by atoms with E-state index in [4.69, 9.17) is 5.73 Å². The van der Waals surface area contributed by atoms with Crippen LogP contribution in [0.4, 0.5) is 5.82 Å². The summed E-state index contributed by atoms with van der Waals surface area (Å²) >= 11 is 0. The van der Waals surface area contributed by atoms with Crippen molar-refractivity contribution in [1.82, 2.24) is 14.7 Å². The van der Waals surface area contributed by atoms with Gasteiger partial charge >= 0.3 is 0 Å². The third-order valence-corrected chi connectivity index (χ3v) is 2.90. The van der Waals surface area contributed by atoms with Crippen LogP contribution in [0.5, 0.6) is 0 Å². The summed E-state index contributed by atoms with van der Waals surface area (Å²) in [7, 11) is 0. The van der Waals surface area contributed by atoms with E-state index in [9.17, 15) is 4.79 Å². The van der Waals surface area contributed by atoms with Crippen LogP contribution >= 0.6 is 0 Å². The highest BCUT2D eigenvalue weighted by atomic mass is 16.2. The first kappa shape index (κ1) is 11.0. The van der Waals surface area contributed by atoms with Crippen LogP contribution in [-0.4, -0.2) is 33.7 Å². The van der Waals surface area contributed by atoms with Gasteiger partial charge in [0.15, 0.2) is 0 Å². The average Bonchev–Trinajstić information content (AvgIpc) is 2.67. The fourth-order valence-corrected chi connectivity index (χ4v) is 2.02. The van der Waals surface area contributed by atoms with Crippen LogP contribution in [0.25, 0.3) is 0 Å². The summed E-state index contributed by atoms with van der Waals surface area (Å²) in [5.74, 6) is 0.847. The molecule has 2 heterocycles. The van der Waals surface area contributed by atoms with Crippen LogP contribution in [0.2, 0.25) is 0 Å². The minimum atomic E-state index is 0.297. The largest absolute Gasteiger partial charge is 0.382 e. The predicted octanol–water partition coefficient (Wildman–Crippen LogP) is 0.868. The van der Waals surface area contributed by atoms with Gasteiger partial charge in [0.25, 0.3) is 0 Å². The van der Waals surface area contributed by atoms with Crippen molar-refractivity contribution < 1.29 is 4.79 Å². The number of piperidine rings is 1. The summed E-state index contributed by atoms with van der Waals surface area (Å²) < 4.78 is 1.82. The molecule has 2 rings (SSSR count). The van der Waals surface area contributed by atoms with Crippen LogP contribution < -0.4 is 5.73 Å². The van der Waals surface area contributed by atoms with E-state index in [2.05, 4.69) is 5.10 Å². The van der Waals surface area contributed by atoms with Gasteiger partial charge in [0.2, 0.25) is 5.91 Å². The Morgan fingerprint density at radius 2 is 2.25 bits per heavy atom. The second-order valence-corrected chi connectivity index (χ2v) is 4.20. The van der Waals surface area contributed by atoms with Crippen LogP contribution in [0.15, 0.2) is 12.3 Å². The standard InChI is InChI=1S/C11H18N4O/c12-10-5-9-15(13-10)8-3-7-14-6-2-1-4-11(14)16/h5,9H,1-4,6-8H2,(H2,12,13). The predicted molar refractivity (Wildman–Crippen MR) is 61.7 cm³/mol. The number of aryl methyl sites for hydroxylation is 1. The quantitative estimate of drug-likeness (QED) is 0.822. The molecule has 1 amide bonds. The first-order chi connectivity index (χ1) is 7.75. The number of nitrogen functional groups attached to an aromatic ring is 1. The molecule has 0 atom stereocenters. The molecule has 5 nitrogen and oxygen atoms in total. The molecule has 0 unspecified atom stereocenters. The fraction of sp³-hybridized carbons (Fsp3) is 0.636. The van der Waals surface area contributed by atoms with Crippen LogP contribution in [0.1, 0.15) is 25.7 Å². The topological polar surface area (TPSA) is 64.2 Å². The monoisotopic (exact) mass is 222 g/mol. The zero-order valence-corrected chi connectivity index (χ0v) is 9.43. The van der Waals surface area contributed by atoms with Gasteiger partial charge in [-0.25, -0.2) is 0 Å². The molecule has 0 bridgehead atoms. The van der Waals surface area contributed by atoms with Crippen LogP contribution in [0.3, 0.4) is 0 Å². The molecule has 0 saturated carbocycles. The number of likely N-dealkylation sites (tertiary alicyclic amines) is 1. The van der Waals surface area contributed by atoms with Crippen molar-refractivity contribution in [2.45, 2.75) is 32.2 Å². The van der Waals surface area contributed by atoms with Crippen molar-refractivity contribution in [3.05, 3.63) is 12.3 Å². The van der Waals surface area contributed by atoms with E-state index in [0.29, 0.717) is 18.1 Å². The fourth-order valence-electron chi connectivity index (χ4n) is 2.02. The lowest BCUT2D eigenvalue weighted by Crippen LogP contribution is -2.36. The molecule has 1 aromatic rings. The first-order valence-corrected chi connectivity index (χ1v) is 5.82. The van der Waals surface area contributed by atoms with E-state index < -0.39 is 0 Å². The summed E-state index contributed by atoms with van der Waals surface area (Å²) in [6.07, 6.45) is 5.71. The maximum atomic E-state index is 11.5. The Hall–Kier alpha value is -1.52. The lowest BCUT2D eigenvalue weighted by molar-refractivity contribution is -0.133. The number of aromatic nitrogens is 2. The van der Waals surface area contributed by atoms with Gasteiger partial charge in [-0.15, -0.1) is 0 Å². The molecule has 1 fully saturated rings. The van der Waals surface area contributed by atoms with Gasteiger partial charge in [-0.3, -0.25) is 9.48 Å². The SMILES string of the molecule is Nc1ccn(CCCN2CCCCC2=O)n1. The Labute approximate surface area is 95.2 Å². The normalized spacial score (nSPS) is 16.8. The van der Waals surface area contributed by atoms with Crippen molar-refractivity contribution in [1.29, 1.82) is 0 Å². The van der Waals surface area contributed by atoms with Gasteiger partial charge in [0, 0.05) is 32.3 Å². The van der Waals surface area contributed by atoms with Gasteiger partial charge in [-0.1, -0.05) is 0 Å². The molecule has 2 N–H and O–H groups in total. The first-order valence-electron chi connectivity index (χ1n) is 5.82. The second kappa shape index (κ2) is 5.01. The smallest absolute Gasteiger partial charge is 0.222 e. The molecule has 0 spiro atoms. The highest BCUT2D eigenvalue weighted by Gasteiger charge is 2.16. The molecule has 16 heavy (non-hydrogen) atoms. The van der Waals surface area contributed by atoms with Gasteiger partial charge in [-0.05, 0) is 25.3 Å². The Kier molecular flexibility index (Phi) is 3.44. The zero-order valence-electron chi connectivity index (χ0n) is 9.43. The molecule has 1 aliphatic heterocycles. The van der Waals surface area contributed by atoms with Crippen molar-refractivity contribution in [3.8, 4) is 0 Å². The Morgan fingerprint density at radius 3 is 2.94 bits per heavy atom. The van der Waals surface area contributed by atoms with E-state index >= 15 is 0 Å². The number of rotatable bonds is 4. The molecular formula is C11H18N4O. The van der Waals surface area contributed by atoms with Gasteiger partial charge in [0.1, 0.15) is 5.82 Å². The molecule has 88 valence electrons. The second-order valence-electron chi connectivity index (χ2n) is 4.20. The summed E-state index contributed by atoms with van der Waals surface area (Å²) in [5, 5.41) is 4.10. The number of anilines is 1. The Balaban J connectivity index is 1.73. The number of amides is 1. The van der Waals surface area contributed by atoms with Crippen molar-refractivity contribution in [2.24, 2.45) is 0 Å². The highest BCUT2D eigenvalue weighted by Crippen LogP contribution is 2.10. The highest BCUT2D eigenvalue weighted by molar-refractivity contribution is 5.76.